The molecule has 0 unspecified atom stereocenters. The van der Waals surface area contributed by atoms with Crippen molar-refractivity contribution in [1.82, 2.24) is 0 Å². The second-order valence-electron chi connectivity index (χ2n) is 8.23. The Hall–Kier alpha value is -1.96. The molecule has 0 fully saturated rings. The fourth-order valence-electron chi connectivity index (χ4n) is 5.76. The number of hydrogen-bond acceptors (Lipinski definition) is 2. The molecular formula is C28H44N2. The highest BCUT2D eigenvalue weighted by Gasteiger charge is 2.26. The van der Waals surface area contributed by atoms with Crippen LogP contribution in [0.4, 0.5) is 11.4 Å². The first-order valence-electron chi connectivity index (χ1n) is 12.3. The van der Waals surface area contributed by atoms with Crippen molar-refractivity contribution in [1.29, 1.82) is 0 Å². The Bertz CT molecular complexity index is 764. The molecular weight excluding hydrogens is 364 g/mol. The lowest BCUT2D eigenvalue weighted by Gasteiger charge is -2.29. The molecule has 4 N–H and O–H groups in total. The minimum absolute atomic E-state index is 0.984. The zero-order valence-corrected chi connectivity index (χ0v) is 20.8. The Morgan fingerprint density at radius 2 is 0.500 bits per heavy atom. The molecule has 2 nitrogen and oxygen atoms in total. The predicted molar refractivity (Wildman–Crippen MR) is 136 cm³/mol. The summed E-state index contributed by atoms with van der Waals surface area (Å²) in [6.07, 6.45) is 7.99. The van der Waals surface area contributed by atoms with Gasteiger partial charge >= 0.3 is 0 Å². The number of nitrogen functional groups attached to an aromatic ring is 2. The van der Waals surface area contributed by atoms with Gasteiger partial charge in [0.2, 0.25) is 0 Å². The van der Waals surface area contributed by atoms with Crippen LogP contribution in [0.25, 0.3) is 11.1 Å². The molecule has 0 saturated heterocycles. The molecule has 0 saturated carbocycles. The number of rotatable bonds is 9. The molecule has 0 aromatic heterocycles. The summed E-state index contributed by atoms with van der Waals surface area (Å²) in [5.41, 5.74) is 29.9. The first kappa shape index (κ1) is 24.3. The summed E-state index contributed by atoms with van der Waals surface area (Å²) in [5.74, 6) is 0. The maximum Gasteiger partial charge on any atom is 0.0384 e. The Morgan fingerprint density at radius 3 is 0.633 bits per heavy atom. The molecule has 0 aliphatic heterocycles. The molecule has 166 valence electrons. The monoisotopic (exact) mass is 408 g/mol. The van der Waals surface area contributed by atoms with Gasteiger partial charge in [0, 0.05) is 11.4 Å². The van der Waals surface area contributed by atoms with Crippen molar-refractivity contribution in [3.63, 3.8) is 0 Å². The number of benzene rings is 2. The second-order valence-corrected chi connectivity index (χ2v) is 8.23. The molecule has 2 heteroatoms. The van der Waals surface area contributed by atoms with E-state index in [0.717, 1.165) is 62.7 Å². The van der Waals surface area contributed by atoms with Gasteiger partial charge in [-0.3, -0.25) is 0 Å². The van der Waals surface area contributed by atoms with Gasteiger partial charge in [-0.2, -0.15) is 0 Å². The van der Waals surface area contributed by atoms with E-state index in [2.05, 4.69) is 55.4 Å². The van der Waals surface area contributed by atoms with E-state index in [1.807, 2.05) is 0 Å². The normalized spacial score (nSPS) is 11.3. The lowest BCUT2D eigenvalue weighted by atomic mass is 9.76. The highest BCUT2D eigenvalue weighted by Crippen LogP contribution is 2.45. The standard InChI is InChI=1S/C28H44N2/c1-9-17-21(13-5)27(29)22(14-6)18(10-2)25(17)26-19(11-3)23(15-7)28(30)24(16-8)20(26)12-4/h9-16,29-30H2,1-8H3. The Balaban J connectivity index is 3.25. The van der Waals surface area contributed by atoms with Crippen molar-refractivity contribution < 1.29 is 0 Å². The zero-order valence-electron chi connectivity index (χ0n) is 20.8. The van der Waals surface area contributed by atoms with Gasteiger partial charge in [-0.15, -0.1) is 0 Å². The van der Waals surface area contributed by atoms with Crippen LogP contribution in [0.1, 0.15) is 99.9 Å². The van der Waals surface area contributed by atoms with Gasteiger partial charge in [0.15, 0.2) is 0 Å². The third-order valence-corrected chi connectivity index (χ3v) is 7.04. The van der Waals surface area contributed by atoms with Crippen LogP contribution in [0.2, 0.25) is 0 Å². The van der Waals surface area contributed by atoms with E-state index >= 15 is 0 Å². The van der Waals surface area contributed by atoms with E-state index in [9.17, 15) is 0 Å². The van der Waals surface area contributed by atoms with E-state index in [0.29, 0.717) is 0 Å². The summed E-state index contributed by atoms with van der Waals surface area (Å²) in [6, 6.07) is 0. The summed E-state index contributed by atoms with van der Waals surface area (Å²) in [5, 5.41) is 0. The van der Waals surface area contributed by atoms with Crippen LogP contribution in [0.15, 0.2) is 0 Å². The molecule has 0 amide bonds. The maximum absolute atomic E-state index is 6.76. The summed E-state index contributed by atoms with van der Waals surface area (Å²) in [7, 11) is 0. The number of hydrogen-bond donors (Lipinski definition) is 2. The molecule has 0 atom stereocenters. The molecule has 0 spiro atoms. The number of anilines is 2. The highest BCUT2D eigenvalue weighted by atomic mass is 14.6. The van der Waals surface area contributed by atoms with Crippen LogP contribution >= 0.6 is 0 Å². The van der Waals surface area contributed by atoms with Gasteiger partial charge in [0.25, 0.3) is 0 Å². The molecule has 2 aromatic carbocycles. The van der Waals surface area contributed by atoms with Crippen molar-refractivity contribution in [2.45, 2.75) is 107 Å². The molecule has 0 aliphatic carbocycles. The molecule has 2 rings (SSSR count). The summed E-state index contributed by atoms with van der Waals surface area (Å²) in [6.45, 7) is 18.2. The SMILES string of the molecule is CCc1c(N)c(CC)c(CC)c(-c2c(CC)c(CC)c(N)c(CC)c2CC)c1CC. The molecule has 0 bridgehead atoms. The molecule has 0 aliphatic rings. The van der Waals surface area contributed by atoms with E-state index in [1.165, 1.54) is 55.6 Å². The van der Waals surface area contributed by atoms with Crippen LogP contribution in [0.5, 0.6) is 0 Å². The van der Waals surface area contributed by atoms with Gasteiger partial charge in [0.1, 0.15) is 0 Å². The summed E-state index contributed by atoms with van der Waals surface area (Å²) < 4.78 is 0. The van der Waals surface area contributed by atoms with Crippen LogP contribution < -0.4 is 11.5 Å². The summed E-state index contributed by atoms with van der Waals surface area (Å²) in [4.78, 5) is 0. The molecule has 30 heavy (non-hydrogen) atoms. The highest BCUT2D eigenvalue weighted by molar-refractivity contribution is 5.86. The average molecular weight is 409 g/mol. The first-order chi connectivity index (χ1) is 14.4. The zero-order chi connectivity index (χ0) is 22.6. The lowest BCUT2D eigenvalue weighted by Crippen LogP contribution is -2.15. The Labute approximate surface area is 185 Å². The van der Waals surface area contributed by atoms with Gasteiger partial charge < -0.3 is 11.5 Å². The molecule has 0 radical (unpaired) electrons. The average Bonchev–Trinajstić information content (AvgIpc) is 2.76. The van der Waals surface area contributed by atoms with E-state index < -0.39 is 0 Å². The predicted octanol–water partition coefficient (Wildman–Crippen LogP) is 7.02. The van der Waals surface area contributed by atoms with Crippen LogP contribution in [-0.2, 0) is 51.4 Å². The first-order valence-corrected chi connectivity index (χ1v) is 12.3. The lowest BCUT2D eigenvalue weighted by molar-refractivity contribution is 0.958. The molecule has 2 aromatic rings. The second kappa shape index (κ2) is 10.4. The fourth-order valence-corrected chi connectivity index (χ4v) is 5.76. The van der Waals surface area contributed by atoms with Gasteiger partial charge in [-0.05, 0) is 107 Å². The van der Waals surface area contributed by atoms with Gasteiger partial charge in [0.05, 0.1) is 0 Å². The van der Waals surface area contributed by atoms with Gasteiger partial charge in [-0.1, -0.05) is 55.4 Å². The minimum atomic E-state index is 0.984. The Morgan fingerprint density at radius 1 is 0.333 bits per heavy atom. The third kappa shape index (κ3) is 3.74. The quantitative estimate of drug-likeness (QED) is 0.438. The van der Waals surface area contributed by atoms with E-state index in [-0.39, 0.29) is 0 Å². The Kier molecular flexibility index (Phi) is 8.41. The minimum Gasteiger partial charge on any atom is -0.398 e. The molecule has 0 heterocycles. The van der Waals surface area contributed by atoms with Crippen molar-refractivity contribution in [2.75, 3.05) is 11.5 Å². The van der Waals surface area contributed by atoms with Crippen molar-refractivity contribution in [3.05, 3.63) is 44.5 Å². The van der Waals surface area contributed by atoms with Crippen molar-refractivity contribution >= 4 is 11.4 Å². The number of nitrogens with two attached hydrogens (primary N) is 2. The van der Waals surface area contributed by atoms with Crippen molar-refractivity contribution in [2.24, 2.45) is 0 Å². The third-order valence-electron chi connectivity index (χ3n) is 7.04. The topological polar surface area (TPSA) is 52.0 Å². The fraction of sp³-hybridized carbons (Fsp3) is 0.571. The summed E-state index contributed by atoms with van der Waals surface area (Å²) >= 11 is 0. The van der Waals surface area contributed by atoms with Crippen LogP contribution in [-0.4, -0.2) is 0 Å². The van der Waals surface area contributed by atoms with Crippen molar-refractivity contribution in [3.8, 4) is 11.1 Å². The van der Waals surface area contributed by atoms with E-state index in [1.54, 1.807) is 0 Å². The smallest absolute Gasteiger partial charge is 0.0384 e. The van der Waals surface area contributed by atoms with E-state index in [4.69, 9.17) is 11.5 Å². The maximum atomic E-state index is 6.76. The van der Waals surface area contributed by atoms with Gasteiger partial charge in [-0.25, -0.2) is 0 Å². The van der Waals surface area contributed by atoms with Crippen LogP contribution in [0, 0.1) is 0 Å². The van der Waals surface area contributed by atoms with Crippen LogP contribution in [0.3, 0.4) is 0 Å². The largest absolute Gasteiger partial charge is 0.398 e.